The molecule has 254 valence electrons. The van der Waals surface area contributed by atoms with E-state index in [1.54, 1.807) is 65.0 Å². The second kappa shape index (κ2) is 15.5. The molecule has 1 saturated heterocycles. The fourth-order valence-corrected chi connectivity index (χ4v) is 6.14. The molecule has 2 fully saturated rings. The third-order valence-corrected chi connectivity index (χ3v) is 8.43. The molecule has 0 aromatic heterocycles. The number of rotatable bonds is 14. The first-order chi connectivity index (χ1) is 21.6. The second-order valence-corrected chi connectivity index (χ2v) is 12.6. The van der Waals surface area contributed by atoms with Crippen LogP contribution in [0.3, 0.4) is 0 Å². The van der Waals surface area contributed by atoms with E-state index in [0.29, 0.717) is 12.0 Å². The lowest BCUT2D eigenvalue weighted by Gasteiger charge is -2.33. The van der Waals surface area contributed by atoms with Crippen molar-refractivity contribution in [3.8, 4) is 0 Å². The zero-order valence-electron chi connectivity index (χ0n) is 26.8. The monoisotopic (exact) mass is 650 g/mol. The zero-order chi connectivity index (χ0) is 34.3. The van der Waals surface area contributed by atoms with Crippen LogP contribution in [0.15, 0.2) is 30.3 Å². The minimum Gasteiger partial charge on any atom is -0.480 e. The number of aliphatic carboxylic acids is 1. The van der Waals surface area contributed by atoms with Crippen molar-refractivity contribution < 1.29 is 47.4 Å². The molecule has 1 saturated carbocycles. The van der Waals surface area contributed by atoms with Crippen molar-refractivity contribution in [2.75, 3.05) is 6.54 Å². The van der Waals surface area contributed by atoms with Gasteiger partial charge in [-0.15, -0.1) is 0 Å². The first kappa shape index (κ1) is 36.4. The number of amides is 4. The summed E-state index contributed by atoms with van der Waals surface area (Å²) in [7, 11) is 0. The molecule has 2 aliphatic rings. The SMILES string of the molecule is CCCC(NC(=O)C1[C@H]2CCC(F)(F)[C@H]2CN1C(=O)C(NC(=O)OC(C)C)C(C)C)C(=O)C(=O)N[C@H](Cc1ccccc1)C(=O)O. The number of hydrogen-bond acceptors (Lipinski definition) is 7. The van der Waals surface area contributed by atoms with Gasteiger partial charge in [0.05, 0.1) is 12.1 Å². The zero-order valence-corrected chi connectivity index (χ0v) is 26.8. The van der Waals surface area contributed by atoms with E-state index in [2.05, 4.69) is 16.0 Å². The summed E-state index contributed by atoms with van der Waals surface area (Å²) < 4.78 is 35.0. The summed E-state index contributed by atoms with van der Waals surface area (Å²) in [6.45, 7) is 7.80. The molecule has 0 bridgehead atoms. The van der Waals surface area contributed by atoms with Gasteiger partial charge in [0.25, 0.3) is 11.8 Å². The number of hydrogen-bond donors (Lipinski definition) is 4. The van der Waals surface area contributed by atoms with E-state index in [4.69, 9.17) is 4.74 Å². The van der Waals surface area contributed by atoms with Crippen molar-refractivity contribution >= 4 is 35.6 Å². The van der Waals surface area contributed by atoms with Gasteiger partial charge in [0.1, 0.15) is 18.1 Å². The number of alkyl carbamates (subject to hydrolysis) is 1. The maximum absolute atomic E-state index is 14.9. The third-order valence-electron chi connectivity index (χ3n) is 8.43. The molecule has 6 atom stereocenters. The molecule has 1 heterocycles. The number of nitrogens with zero attached hydrogens (tertiary/aromatic N) is 1. The van der Waals surface area contributed by atoms with Gasteiger partial charge in [-0.3, -0.25) is 19.2 Å². The lowest BCUT2D eigenvalue weighted by Crippen LogP contribution is -2.59. The summed E-state index contributed by atoms with van der Waals surface area (Å²) in [6.07, 6.45) is -1.65. The molecule has 1 aromatic carbocycles. The van der Waals surface area contributed by atoms with E-state index < -0.39 is 102 Å². The van der Waals surface area contributed by atoms with Gasteiger partial charge >= 0.3 is 12.1 Å². The Balaban J connectivity index is 1.83. The van der Waals surface area contributed by atoms with Crippen LogP contribution in [-0.4, -0.2) is 88.3 Å². The quantitative estimate of drug-likeness (QED) is 0.223. The van der Waals surface area contributed by atoms with E-state index in [0.717, 1.165) is 4.90 Å². The summed E-state index contributed by atoms with van der Waals surface area (Å²) in [5.74, 6) is -11.2. The van der Waals surface area contributed by atoms with Gasteiger partial charge in [-0.05, 0) is 44.1 Å². The minimum atomic E-state index is -3.14. The fraction of sp³-hybridized carbons (Fsp3) is 0.625. The molecule has 3 rings (SSSR count). The average Bonchev–Trinajstić information content (AvgIpc) is 3.51. The molecule has 1 aromatic rings. The van der Waals surface area contributed by atoms with Crippen LogP contribution >= 0.6 is 0 Å². The van der Waals surface area contributed by atoms with E-state index in [-0.39, 0.29) is 19.3 Å². The normalized spacial score (nSPS) is 22.0. The molecule has 12 nitrogen and oxygen atoms in total. The lowest BCUT2D eigenvalue weighted by molar-refractivity contribution is -0.146. The molecule has 0 spiro atoms. The highest BCUT2D eigenvalue weighted by Gasteiger charge is 2.61. The summed E-state index contributed by atoms with van der Waals surface area (Å²) in [5.41, 5.74) is 0.613. The number of fused-ring (bicyclic) bond motifs is 1. The smallest absolute Gasteiger partial charge is 0.408 e. The van der Waals surface area contributed by atoms with Crippen LogP contribution in [0, 0.1) is 17.8 Å². The Labute approximate surface area is 267 Å². The molecule has 4 N–H and O–H groups in total. The number of nitrogens with one attached hydrogen (secondary N) is 3. The first-order valence-corrected chi connectivity index (χ1v) is 15.6. The van der Waals surface area contributed by atoms with Crippen LogP contribution in [0.2, 0.25) is 0 Å². The highest BCUT2D eigenvalue weighted by molar-refractivity contribution is 6.38. The lowest BCUT2D eigenvalue weighted by atomic mass is 9.91. The number of carbonyl (C=O) groups is 6. The molecule has 3 unspecified atom stereocenters. The Kier molecular flexibility index (Phi) is 12.2. The van der Waals surface area contributed by atoms with Crippen molar-refractivity contribution in [2.24, 2.45) is 17.8 Å². The van der Waals surface area contributed by atoms with Gasteiger partial charge in [-0.2, -0.15) is 0 Å². The summed E-state index contributed by atoms with van der Waals surface area (Å²) in [6, 6.07) is 3.08. The molecular formula is C32H44F2N4O8. The molecule has 14 heteroatoms. The largest absolute Gasteiger partial charge is 0.480 e. The van der Waals surface area contributed by atoms with Gasteiger partial charge in [0, 0.05) is 25.3 Å². The number of carboxylic acid groups (broad SMARTS) is 1. The maximum atomic E-state index is 14.9. The van der Waals surface area contributed by atoms with E-state index in [9.17, 15) is 42.7 Å². The minimum absolute atomic E-state index is 0.00342. The molecule has 0 radical (unpaired) electrons. The molecular weight excluding hydrogens is 606 g/mol. The topological polar surface area (TPSA) is 171 Å². The van der Waals surface area contributed by atoms with Gasteiger partial charge in [-0.1, -0.05) is 57.5 Å². The van der Waals surface area contributed by atoms with Crippen LogP contribution in [-0.2, 0) is 35.1 Å². The number of alkyl halides is 2. The Morgan fingerprint density at radius 3 is 2.22 bits per heavy atom. The number of Topliss-reactive ketones (excluding diaryl/α,β-unsaturated/α-hetero) is 1. The molecule has 4 amide bonds. The van der Waals surface area contributed by atoms with Crippen molar-refractivity contribution in [3.63, 3.8) is 0 Å². The number of ether oxygens (including phenoxy) is 1. The predicted octanol–water partition coefficient (Wildman–Crippen LogP) is 2.68. The number of likely N-dealkylation sites (tertiary alicyclic amines) is 1. The fourth-order valence-electron chi connectivity index (χ4n) is 6.14. The van der Waals surface area contributed by atoms with Crippen molar-refractivity contribution in [2.45, 2.75) is 103 Å². The van der Waals surface area contributed by atoms with Crippen LogP contribution < -0.4 is 16.0 Å². The standard InChI is InChI=1S/C32H44F2N4O8/c1-6-10-22(26(39)28(41)36-23(30(43)44)15-19-11-8-7-9-12-19)35-27(40)25-20-13-14-32(33,34)21(20)16-38(25)29(42)24(17(2)3)37-31(45)46-18(4)5/h7-9,11-12,17-18,20-25H,6,10,13-16H2,1-5H3,(H,35,40)(H,36,41)(H,37,45)(H,43,44)/t20-,21-,22?,23+,24?,25?/m0/s1. The van der Waals surface area contributed by atoms with E-state index >= 15 is 0 Å². The Hall–Kier alpha value is -4.10. The summed E-state index contributed by atoms with van der Waals surface area (Å²) >= 11 is 0. The number of carbonyl (C=O) groups excluding carboxylic acids is 5. The van der Waals surface area contributed by atoms with E-state index in [1.165, 1.54) is 0 Å². The van der Waals surface area contributed by atoms with Crippen LogP contribution in [0.1, 0.15) is 65.9 Å². The Morgan fingerprint density at radius 1 is 1.00 bits per heavy atom. The van der Waals surface area contributed by atoms with Crippen molar-refractivity contribution in [1.29, 1.82) is 0 Å². The number of carboxylic acids is 1. The van der Waals surface area contributed by atoms with Gasteiger partial charge in [0.2, 0.25) is 17.6 Å². The van der Waals surface area contributed by atoms with Crippen LogP contribution in [0.4, 0.5) is 13.6 Å². The summed E-state index contributed by atoms with van der Waals surface area (Å²) in [5, 5.41) is 16.9. The van der Waals surface area contributed by atoms with Gasteiger partial charge in [-0.25, -0.2) is 18.4 Å². The van der Waals surface area contributed by atoms with Gasteiger partial charge in [0.15, 0.2) is 0 Å². The van der Waals surface area contributed by atoms with Crippen molar-refractivity contribution in [1.82, 2.24) is 20.9 Å². The van der Waals surface area contributed by atoms with Gasteiger partial charge < -0.3 is 30.7 Å². The number of ketones is 1. The first-order valence-electron chi connectivity index (χ1n) is 15.6. The predicted molar refractivity (Wildman–Crippen MR) is 162 cm³/mol. The Bertz CT molecular complexity index is 1290. The van der Waals surface area contributed by atoms with Crippen LogP contribution in [0.25, 0.3) is 0 Å². The highest BCUT2D eigenvalue weighted by atomic mass is 19.3. The number of benzene rings is 1. The van der Waals surface area contributed by atoms with Crippen molar-refractivity contribution in [3.05, 3.63) is 35.9 Å². The molecule has 1 aliphatic carbocycles. The number of halogens is 2. The molecule has 46 heavy (non-hydrogen) atoms. The summed E-state index contributed by atoms with van der Waals surface area (Å²) in [4.78, 5) is 79.1. The highest BCUT2D eigenvalue weighted by Crippen LogP contribution is 2.51. The average molecular weight is 651 g/mol. The molecule has 1 aliphatic heterocycles. The van der Waals surface area contributed by atoms with Crippen LogP contribution in [0.5, 0.6) is 0 Å². The Morgan fingerprint density at radius 2 is 1.65 bits per heavy atom. The van der Waals surface area contributed by atoms with E-state index in [1.807, 2.05) is 0 Å². The maximum Gasteiger partial charge on any atom is 0.408 e. The third kappa shape index (κ3) is 8.79. The second-order valence-electron chi connectivity index (χ2n) is 12.6.